The molecule has 1 aromatic rings. The van der Waals surface area contributed by atoms with Gasteiger partial charge in [-0.15, -0.1) is 0 Å². The molecule has 0 radical (unpaired) electrons. The number of benzene rings is 1. The minimum Gasteiger partial charge on any atom is -0.384 e. The second-order valence-corrected chi connectivity index (χ2v) is 5.21. The lowest BCUT2D eigenvalue weighted by Crippen LogP contribution is -2.34. The molecule has 19 heavy (non-hydrogen) atoms. The molecule has 0 saturated carbocycles. The Balaban J connectivity index is 2.55. The molecule has 0 aliphatic carbocycles. The zero-order valence-electron chi connectivity index (χ0n) is 11.5. The van der Waals surface area contributed by atoms with Gasteiger partial charge < -0.3 is 11.1 Å². The van der Waals surface area contributed by atoms with Crippen LogP contribution >= 0.6 is 0 Å². The standard InChI is InChI=1S/C15H21N3O/c1-3-7-15(8-4-2)11-9-10(13(16)17)5-6-12(11)18-14(15)19/h5-6,9H,3-4,7-8H2,1-2H3,(H3,16,17)(H,18,19). The Kier molecular flexibility index (Phi) is 3.60. The van der Waals surface area contributed by atoms with Crippen LogP contribution in [0.2, 0.25) is 0 Å². The van der Waals surface area contributed by atoms with Crippen LogP contribution < -0.4 is 11.1 Å². The van der Waals surface area contributed by atoms with E-state index in [-0.39, 0.29) is 11.7 Å². The summed E-state index contributed by atoms with van der Waals surface area (Å²) in [5.41, 5.74) is 7.68. The molecule has 4 nitrogen and oxygen atoms in total. The summed E-state index contributed by atoms with van der Waals surface area (Å²) in [5, 5.41) is 10.5. The summed E-state index contributed by atoms with van der Waals surface area (Å²) in [5.74, 6) is 0.135. The largest absolute Gasteiger partial charge is 0.384 e. The second kappa shape index (κ2) is 5.03. The van der Waals surface area contributed by atoms with Crippen LogP contribution in [0.25, 0.3) is 0 Å². The third-order valence-corrected chi connectivity index (χ3v) is 3.88. The summed E-state index contributed by atoms with van der Waals surface area (Å²) in [6, 6.07) is 5.55. The quantitative estimate of drug-likeness (QED) is 0.561. The van der Waals surface area contributed by atoms with Crippen molar-refractivity contribution in [3.63, 3.8) is 0 Å². The number of hydrogen-bond donors (Lipinski definition) is 3. The molecule has 2 rings (SSSR count). The van der Waals surface area contributed by atoms with E-state index in [9.17, 15) is 4.79 Å². The van der Waals surface area contributed by atoms with Crippen molar-refractivity contribution in [2.24, 2.45) is 5.73 Å². The molecule has 102 valence electrons. The Morgan fingerprint density at radius 1 is 1.32 bits per heavy atom. The van der Waals surface area contributed by atoms with Gasteiger partial charge in [-0.1, -0.05) is 26.7 Å². The van der Waals surface area contributed by atoms with E-state index >= 15 is 0 Å². The topological polar surface area (TPSA) is 79.0 Å². The van der Waals surface area contributed by atoms with Crippen molar-refractivity contribution in [2.45, 2.75) is 44.9 Å². The predicted octanol–water partition coefficient (Wildman–Crippen LogP) is 2.76. The second-order valence-electron chi connectivity index (χ2n) is 5.21. The molecule has 1 aromatic carbocycles. The van der Waals surface area contributed by atoms with Crippen LogP contribution in [0, 0.1) is 5.41 Å². The first-order chi connectivity index (χ1) is 9.05. The van der Waals surface area contributed by atoms with Crippen molar-refractivity contribution in [1.29, 1.82) is 5.41 Å². The van der Waals surface area contributed by atoms with Gasteiger partial charge in [-0.25, -0.2) is 0 Å². The number of amidine groups is 1. The zero-order chi connectivity index (χ0) is 14.0. The highest BCUT2D eigenvalue weighted by atomic mass is 16.2. The predicted molar refractivity (Wildman–Crippen MR) is 77.6 cm³/mol. The first kappa shape index (κ1) is 13.6. The highest BCUT2D eigenvalue weighted by Crippen LogP contribution is 2.44. The van der Waals surface area contributed by atoms with E-state index in [0.29, 0.717) is 5.56 Å². The summed E-state index contributed by atoms with van der Waals surface area (Å²) in [6.45, 7) is 4.19. The summed E-state index contributed by atoms with van der Waals surface area (Å²) in [6.07, 6.45) is 3.58. The highest BCUT2D eigenvalue weighted by molar-refractivity contribution is 6.07. The zero-order valence-corrected chi connectivity index (χ0v) is 11.5. The van der Waals surface area contributed by atoms with Crippen LogP contribution in [0.15, 0.2) is 18.2 Å². The molecule has 0 bridgehead atoms. The van der Waals surface area contributed by atoms with Crippen LogP contribution in [0.5, 0.6) is 0 Å². The third kappa shape index (κ3) is 2.11. The van der Waals surface area contributed by atoms with Gasteiger partial charge in [-0.3, -0.25) is 10.2 Å². The first-order valence-corrected chi connectivity index (χ1v) is 6.85. The Hall–Kier alpha value is -1.84. The van der Waals surface area contributed by atoms with Crippen molar-refractivity contribution in [3.05, 3.63) is 29.3 Å². The number of amides is 1. The molecular weight excluding hydrogens is 238 g/mol. The van der Waals surface area contributed by atoms with Crippen molar-refractivity contribution >= 4 is 17.4 Å². The minimum absolute atomic E-state index is 0.0454. The summed E-state index contributed by atoms with van der Waals surface area (Å²) in [7, 11) is 0. The number of nitrogens with one attached hydrogen (secondary N) is 2. The average Bonchev–Trinajstić information content (AvgIpc) is 2.63. The maximum Gasteiger partial charge on any atom is 0.235 e. The van der Waals surface area contributed by atoms with Crippen LogP contribution in [0.3, 0.4) is 0 Å². The maximum atomic E-state index is 12.4. The molecule has 1 aliphatic rings. The van der Waals surface area contributed by atoms with E-state index in [4.69, 9.17) is 11.1 Å². The van der Waals surface area contributed by atoms with E-state index in [0.717, 1.165) is 36.9 Å². The number of nitrogen functional groups attached to an aromatic ring is 1. The van der Waals surface area contributed by atoms with Crippen molar-refractivity contribution in [3.8, 4) is 0 Å². The molecule has 4 heteroatoms. The Bertz CT molecular complexity index is 516. The van der Waals surface area contributed by atoms with E-state index in [2.05, 4.69) is 19.2 Å². The summed E-state index contributed by atoms with van der Waals surface area (Å²) >= 11 is 0. The summed E-state index contributed by atoms with van der Waals surface area (Å²) < 4.78 is 0. The lowest BCUT2D eigenvalue weighted by atomic mass is 9.74. The van der Waals surface area contributed by atoms with Gasteiger partial charge in [0.05, 0.1) is 5.41 Å². The fourth-order valence-corrected chi connectivity index (χ4v) is 3.06. The molecule has 0 saturated heterocycles. The fourth-order valence-electron chi connectivity index (χ4n) is 3.06. The normalized spacial score (nSPS) is 16.0. The van der Waals surface area contributed by atoms with Gasteiger partial charge >= 0.3 is 0 Å². The minimum atomic E-state index is -0.440. The number of carbonyl (C=O) groups is 1. The monoisotopic (exact) mass is 259 g/mol. The number of anilines is 1. The number of fused-ring (bicyclic) bond motifs is 1. The highest BCUT2D eigenvalue weighted by Gasteiger charge is 2.45. The van der Waals surface area contributed by atoms with Gasteiger partial charge in [-0.2, -0.15) is 0 Å². The first-order valence-electron chi connectivity index (χ1n) is 6.85. The van der Waals surface area contributed by atoms with Crippen LogP contribution in [-0.2, 0) is 10.2 Å². The van der Waals surface area contributed by atoms with Crippen LogP contribution in [-0.4, -0.2) is 11.7 Å². The average molecular weight is 259 g/mol. The molecule has 1 aliphatic heterocycles. The van der Waals surface area contributed by atoms with E-state index in [1.54, 1.807) is 6.07 Å². The molecule has 0 spiro atoms. The lowest BCUT2D eigenvalue weighted by Gasteiger charge is -2.27. The summed E-state index contributed by atoms with van der Waals surface area (Å²) in [4.78, 5) is 12.4. The SMILES string of the molecule is CCCC1(CCC)C(=O)Nc2ccc(C(=N)N)cc21. The Morgan fingerprint density at radius 2 is 1.95 bits per heavy atom. The van der Waals surface area contributed by atoms with Crippen LogP contribution in [0.1, 0.15) is 50.7 Å². The van der Waals surface area contributed by atoms with Gasteiger partial charge in [0.2, 0.25) is 5.91 Å². The van der Waals surface area contributed by atoms with Gasteiger partial charge in [0.15, 0.2) is 0 Å². The maximum absolute atomic E-state index is 12.4. The van der Waals surface area contributed by atoms with Gasteiger partial charge in [0, 0.05) is 11.3 Å². The molecule has 0 unspecified atom stereocenters. The molecule has 4 N–H and O–H groups in total. The number of carbonyl (C=O) groups excluding carboxylic acids is 1. The van der Waals surface area contributed by atoms with E-state index in [1.165, 1.54) is 0 Å². The van der Waals surface area contributed by atoms with Gasteiger partial charge in [0.25, 0.3) is 0 Å². The molecule has 0 atom stereocenters. The molecule has 1 heterocycles. The van der Waals surface area contributed by atoms with Gasteiger partial charge in [-0.05, 0) is 36.6 Å². The molecular formula is C15H21N3O. The van der Waals surface area contributed by atoms with Crippen molar-refractivity contribution in [1.82, 2.24) is 0 Å². The van der Waals surface area contributed by atoms with E-state index < -0.39 is 5.41 Å². The molecule has 0 fully saturated rings. The number of nitrogens with two attached hydrogens (primary N) is 1. The molecule has 1 amide bonds. The van der Waals surface area contributed by atoms with Gasteiger partial charge in [0.1, 0.15) is 5.84 Å². The lowest BCUT2D eigenvalue weighted by molar-refractivity contribution is -0.121. The Labute approximate surface area is 113 Å². The number of hydrogen-bond acceptors (Lipinski definition) is 2. The van der Waals surface area contributed by atoms with Crippen LogP contribution in [0.4, 0.5) is 5.69 Å². The Morgan fingerprint density at radius 3 is 2.47 bits per heavy atom. The van der Waals surface area contributed by atoms with E-state index in [1.807, 2.05) is 12.1 Å². The fraction of sp³-hybridized carbons (Fsp3) is 0.467. The van der Waals surface area contributed by atoms with Crippen molar-refractivity contribution < 1.29 is 4.79 Å². The third-order valence-electron chi connectivity index (χ3n) is 3.88. The number of rotatable bonds is 5. The molecule has 0 aromatic heterocycles. The van der Waals surface area contributed by atoms with Crippen molar-refractivity contribution in [2.75, 3.05) is 5.32 Å². The smallest absolute Gasteiger partial charge is 0.235 e.